The second-order valence-corrected chi connectivity index (χ2v) is 5.01. The van der Waals surface area contributed by atoms with Gasteiger partial charge in [0.15, 0.2) is 0 Å². The Morgan fingerprint density at radius 3 is 3.17 bits per heavy atom. The van der Waals surface area contributed by atoms with Crippen molar-refractivity contribution in [3.8, 4) is 0 Å². The van der Waals surface area contributed by atoms with Crippen LogP contribution in [-0.2, 0) is 4.74 Å². The van der Waals surface area contributed by atoms with Crippen LogP contribution in [0.2, 0.25) is 0 Å². The van der Waals surface area contributed by atoms with Gasteiger partial charge in [-0.1, -0.05) is 0 Å². The minimum atomic E-state index is 0.365. The molecule has 2 unspecified atom stereocenters. The fourth-order valence-electron chi connectivity index (χ4n) is 2.46. The predicted molar refractivity (Wildman–Crippen MR) is 73.9 cm³/mol. The SMILES string of the molecule is CNC(C)c1ccnc(N2CCC(COC)C2)c1. The van der Waals surface area contributed by atoms with E-state index in [0.717, 1.165) is 25.5 Å². The maximum Gasteiger partial charge on any atom is 0.128 e. The number of nitrogens with zero attached hydrogens (tertiary/aromatic N) is 2. The summed E-state index contributed by atoms with van der Waals surface area (Å²) in [5, 5.41) is 3.26. The Hall–Kier alpha value is -1.13. The van der Waals surface area contributed by atoms with Gasteiger partial charge in [-0.15, -0.1) is 0 Å². The number of hydrogen-bond donors (Lipinski definition) is 1. The van der Waals surface area contributed by atoms with Crippen LogP contribution in [0.5, 0.6) is 0 Å². The molecule has 1 aliphatic heterocycles. The molecule has 1 fully saturated rings. The third-order valence-electron chi connectivity index (χ3n) is 3.71. The van der Waals surface area contributed by atoms with Gasteiger partial charge in [-0.3, -0.25) is 0 Å². The Bertz CT molecular complexity index is 383. The van der Waals surface area contributed by atoms with Gasteiger partial charge in [-0.05, 0) is 38.1 Å². The zero-order chi connectivity index (χ0) is 13.0. The zero-order valence-electron chi connectivity index (χ0n) is 11.5. The molecule has 2 atom stereocenters. The van der Waals surface area contributed by atoms with E-state index in [1.807, 2.05) is 13.2 Å². The summed E-state index contributed by atoms with van der Waals surface area (Å²) < 4.78 is 5.23. The molecule has 100 valence electrons. The van der Waals surface area contributed by atoms with E-state index < -0.39 is 0 Å². The lowest BCUT2D eigenvalue weighted by Crippen LogP contribution is -2.22. The van der Waals surface area contributed by atoms with Gasteiger partial charge < -0.3 is 15.0 Å². The average molecular weight is 249 g/mol. The lowest BCUT2D eigenvalue weighted by atomic mass is 10.1. The van der Waals surface area contributed by atoms with E-state index in [1.54, 1.807) is 7.11 Å². The molecule has 0 radical (unpaired) electrons. The monoisotopic (exact) mass is 249 g/mol. The standard InChI is InChI=1S/C14H23N3O/c1-11(15-2)13-4-6-16-14(8-13)17-7-5-12(9-17)10-18-3/h4,6,8,11-12,15H,5,7,9-10H2,1-3H3. The molecule has 1 aromatic rings. The van der Waals surface area contributed by atoms with Gasteiger partial charge >= 0.3 is 0 Å². The topological polar surface area (TPSA) is 37.4 Å². The molecule has 0 aromatic carbocycles. The van der Waals surface area contributed by atoms with Crippen LogP contribution < -0.4 is 10.2 Å². The van der Waals surface area contributed by atoms with E-state index >= 15 is 0 Å². The number of nitrogens with one attached hydrogen (secondary N) is 1. The number of methoxy groups -OCH3 is 1. The van der Waals surface area contributed by atoms with Gasteiger partial charge in [0, 0.05) is 38.4 Å². The molecule has 2 heterocycles. The van der Waals surface area contributed by atoms with Crippen molar-refractivity contribution >= 4 is 5.82 Å². The Kier molecular flexibility index (Phi) is 4.55. The van der Waals surface area contributed by atoms with Gasteiger partial charge in [0.2, 0.25) is 0 Å². The van der Waals surface area contributed by atoms with Crippen LogP contribution in [0.4, 0.5) is 5.82 Å². The molecule has 4 nitrogen and oxygen atoms in total. The number of rotatable bonds is 5. The van der Waals surface area contributed by atoms with Crippen molar-refractivity contribution in [1.29, 1.82) is 0 Å². The highest BCUT2D eigenvalue weighted by molar-refractivity contribution is 5.42. The van der Waals surface area contributed by atoms with Gasteiger partial charge in [-0.25, -0.2) is 4.98 Å². The minimum Gasteiger partial charge on any atom is -0.384 e. The lowest BCUT2D eigenvalue weighted by molar-refractivity contribution is 0.161. The molecule has 0 spiro atoms. The quantitative estimate of drug-likeness (QED) is 0.864. The van der Waals surface area contributed by atoms with E-state index in [0.29, 0.717) is 12.0 Å². The van der Waals surface area contributed by atoms with E-state index in [1.165, 1.54) is 12.0 Å². The van der Waals surface area contributed by atoms with Crippen molar-refractivity contribution in [3.05, 3.63) is 23.9 Å². The Morgan fingerprint density at radius 1 is 1.61 bits per heavy atom. The minimum absolute atomic E-state index is 0.365. The molecular weight excluding hydrogens is 226 g/mol. The van der Waals surface area contributed by atoms with Crippen molar-refractivity contribution in [3.63, 3.8) is 0 Å². The van der Waals surface area contributed by atoms with Crippen LogP contribution in [-0.4, -0.2) is 38.8 Å². The summed E-state index contributed by atoms with van der Waals surface area (Å²) in [6.07, 6.45) is 3.10. The van der Waals surface area contributed by atoms with Crippen LogP contribution >= 0.6 is 0 Å². The van der Waals surface area contributed by atoms with E-state index in [2.05, 4.69) is 34.3 Å². The van der Waals surface area contributed by atoms with Crippen molar-refractivity contribution in [1.82, 2.24) is 10.3 Å². The summed E-state index contributed by atoms with van der Waals surface area (Å²) in [5.74, 6) is 1.73. The van der Waals surface area contributed by atoms with Crippen LogP contribution in [0.1, 0.15) is 24.9 Å². The number of ether oxygens (including phenoxy) is 1. The smallest absolute Gasteiger partial charge is 0.128 e. The molecule has 18 heavy (non-hydrogen) atoms. The second kappa shape index (κ2) is 6.16. The number of aromatic nitrogens is 1. The highest BCUT2D eigenvalue weighted by atomic mass is 16.5. The third kappa shape index (κ3) is 3.00. The largest absolute Gasteiger partial charge is 0.384 e. The van der Waals surface area contributed by atoms with Gasteiger partial charge in [0.1, 0.15) is 5.82 Å². The summed E-state index contributed by atoms with van der Waals surface area (Å²) in [6.45, 7) is 5.15. The normalized spacial score (nSPS) is 21.3. The molecule has 1 saturated heterocycles. The lowest BCUT2D eigenvalue weighted by Gasteiger charge is -2.19. The maximum absolute atomic E-state index is 5.23. The van der Waals surface area contributed by atoms with Crippen molar-refractivity contribution in [2.45, 2.75) is 19.4 Å². The summed E-state index contributed by atoms with van der Waals surface area (Å²) >= 11 is 0. The van der Waals surface area contributed by atoms with Gasteiger partial charge in [0.25, 0.3) is 0 Å². The van der Waals surface area contributed by atoms with Gasteiger partial charge in [0.05, 0.1) is 6.61 Å². The molecule has 0 bridgehead atoms. The summed E-state index contributed by atoms with van der Waals surface area (Å²) in [5.41, 5.74) is 1.29. The fourth-order valence-corrected chi connectivity index (χ4v) is 2.46. The molecule has 1 N–H and O–H groups in total. The molecule has 0 saturated carbocycles. The number of pyridine rings is 1. The van der Waals surface area contributed by atoms with E-state index in [-0.39, 0.29) is 0 Å². The first-order valence-electron chi connectivity index (χ1n) is 6.61. The van der Waals surface area contributed by atoms with E-state index in [9.17, 15) is 0 Å². The number of hydrogen-bond acceptors (Lipinski definition) is 4. The second-order valence-electron chi connectivity index (χ2n) is 5.01. The Morgan fingerprint density at radius 2 is 2.44 bits per heavy atom. The highest BCUT2D eigenvalue weighted by Gasteiger charge is 2.23. The maximum atomic E-state index is 5.23. The summed E-state index contributed by atoms with van der Waals surface area (Å²) in [7, 11) is 3.76. The summed E-state index contributed by atoms with van der Waals surface area (Å²) in [6, 6.07) is 4.63. The van der Waals surface area contributed by atoms with Crippen molar-refractivity contribution < 1.29 is 4.74 Å². The van der Waals surface area contributed by atoms with E-state index in [4.69, 9.17) is 4.74 Å². The van der Waals surface area contributed by atoms with Crippen LogP contribution in [0.25, 0.3) is 0 Å². The molecule has 4 heteroatoms. The summed E-state index contributed by atoms with van der Waals surface area (Å²) in [4.78, 5) is 6.85. The van der Waals surface area contributed by atoms with Crippen molar-refractivity contribution in [2.24, 2.45) is 5.92 Å². The van der Waals surface area contributed by atoms with Crippen LogP contribution in [0.15, 0.2) is 18.3 Å². The van der Waals surface area contributed by atoms with Crippen molar-refractivity contribution in [2.75, 3.05) is 38.8 Å². The Balaban J connectivity index is 2.05. The molecule has 1 aliphatic rings. The molecular formula is C14H23N3O. The average Bonchev–Trinajstić information content (AvgIpc) is 2.87. The molecule has 0 aliphatic carbocycles. The number of anilines is 1. The first-order valence-corrected chi connectivity index (χ1v) is 6.61. The third-order valence-corrected chi connectivity index (χ3v) is 3.71. The first kappa shape index (κ1) is 13.3. The molecule has 1 aromatic heterocycles. The molecule has 0 amide bonds. The Labute approximate surface area is 109 Å². The predicted octanol–water partition coefficient (Wildman–Crippen LogP) is 1.83. The molecule has 2 rings (SSSR count). The highest BCUT2D eigenvalue weighted by Crippen LogP contribution is 2.24. The first-order chi connectivity index (χ1) is 8.74. The fraction of sp³-hybridized carbons (Fsp3) is 0.643. The van der Waals surface area contributed by atoms with Crippen LogP contribution in [0.3, 0.4) is 0 Å². The van der Waals surface area contributed by atoms with Crippen LogP contribution in [0, 0.1) is 5.92 Å². The zero-order valence-corrected chi connectivity index (χ0v) is 11.5. The van der Waals surface area contributed by atoms with Gasteiger partial charge in [-0.2, -0.15) is 0 Å².